The fraction of sp³-hybridized carbons (Fsp3) is 0.111. The summed E-state index contributed by atoms with van der Waals surface area (Å²) in [4.78, 5) is 4.36. The van der Waals surface area contributed by atoms with Gasteiger partial charge in [0.05, 0.1) is 16.8 Å². The van der Waals surface area contributed by atoms with Gasteiger partial charge in [-0.2, -0.15) is 5.26 Å². The molecule has 22 heavy (non-hydrogen) atoms. The molecule has 108 valence electrons. The molecule has 0 saturated heterocycles. The predicted molar refractivity (Wildman–Crippen MR) is 90.6 cm³/mol. The van der Waals surface area contributed by atoms with Crippen LogP contribution in [0.5, 0.6) is 0 Å². The van der Waals surface area contributed by atoms with Gasteiger partial charge in [0.25, 0.3) is 0 Å². The minimum atomic E-state index is 0.524. The number of aromatic nitrogens is 1. The van der Waals surface area contributed by atoms with Crippen LogP contribution in [0.25, 0.3) is 10.9 Å². The van der Waals surface area contributed by atoms with Crippen LogP contribution in [0.1, 0.15) is 18.1 Å². The Hall–Kier alpha value is -2.57. The van der Waals surface area contributed by atoms with E-state index in [-0.39, 0.29) is 0 Å². The third-order valence-corrected chi connectivity index (χ3v) is 3.83. The number of hydrogen-bond donors (Lipinski definition) is 1. The average molecular weight is 308 g/mol. The second kappa shape index (κ2) is 6.05. The van der Waals surface area contributed by atoms with Crippen LogP contribution in [0.4, 0.5) is 11.4 Å². The zero-order chi connectivity index (χ0) is 15.5. The van der Waals surface area contributed by atoms with Gasteiger partial charge in [0.2, 0.25) is 0 Å². The van der Waals surface area contributed by atoms with E-state index in [1.54, 1.807) is 6.20 Å². The number of nitrogens with one attached hydrogen (secondary N) is 1. The van der Waals surface area contributed by atoms with Crippen molar-refractivity contribution in [2.75, 3.05) is 5.32 Å². The van der Waals surface area contributed by atoms with Gasteiger partial charge < -0.3 is 5.32 Å². The van der Waals surface area contributed by atoms with E-state index in [0.29, 0.717) is 10.6 Å². The van der Waals surface area contributed by atoms with Gasteiger partial charge in [-0.1, -0.05) is 24.6 Å². The SMILES string of the molecule is CCc1ccc2ncc(C#N)c(Nc3ccc(Cl)cc3)c2c1. The van der Waals surface area contributed by atoms with Crippen LogP contribution in [0.2, 0.25) is 5.02 Å². The molecule has 0 atom stereocenters. The molecular formula is C18H14ClN3. The Morgan fingerprint density at radius 2 is 1.95 bits per heavy atom. The first-order valence-electron chi connectivity index (χ1n) is 7.05. The number of pyridine rings is 1. The zero-order valence-corrected chi connectivity index (χ0v) is 12.9. The molecule has 0 aliphatic heterocycles. The van der Waals surface area contributed by atoms with Crippen LogP contribution >= 0.6 is 11.6 Å². The first-order valence-corrected chi connectivity index (χ1v) is 7.43. The lowest BCUT2D eigenvalue weighted by molar-refractivity contribution is 1.14. The van der Waals surface area contributed by atoms with E-state index < -0.39 is 0 Å². The van der Waals surface area contributed by atoms with Crippen LogP contribution in [-0.2, 0) is 6.42 Å². The average Bonchev–Trinajstić information content (AvgIpc) is 2.56. The smallest absolute Gasteiger partial charge is 0.103 e. The van der Waals surface area contributed by atoms with Crippen LogP contribution in [0.3, 0.4) is 0 Å². The third kappa shape index (κ3) is 2.74. The van der Waals surface area contributed by atoms with Crippen LogP contribution < -0.4 is 5.32 Å². The molecule has 3 aromatic rings. The van der Waals surface area contributed by atoms with Gasteiger partial charge in [0.15, 0.2) is 0 Å². The van der Waals surface area contributed by atoms with Gasteiger partial charge in [-0.15, -0.1) is 0 Å². The molecule has 3 nitrogen and oxygen atoms in total. The Labute approximate surface area is 134 Å². The van der Waals surface area contributed by atoms with Crippen molar-refractivity contribution in [1.82, 2.24) is 4.98 Å². The number of aryl methyl sites for hydroxylation is 1. The molecule has 0 radical (unpaired) electrons. The maximum atomic E-state index is 9.38. The highest BCUT2D eigenvalue weighted by Crippen LogP contribution is 2.30. The monoisotopic (exact) mass is 307 g/mol. The van der Waals surface area contributed by atoms with Crippen LogP contribution in [-0.4, -0.2) is 4.98 Å². The summed E-state index contributed by atoms with van der Waals surface area (Å²) in [5.41, 5.74) is 4.27. The van der Waals surface area contributed by atoms with E-state index in [2.05, 4.69) is 35.4 Å². The van der Waals surface area contributed by atoms with Gasteiger partial charge in [-0.25, -0.2) is 0 Å². The van der Waals surface area contributed by atoms with E-state index in [0.717, 1.165) is 28.7 Å². The molecule has 1 heterocycles. The van der Waals surface area contributed by atoms with E-state index in [4.69, 9.17) is 11.6 Å². The van der Waals surface area contributed by atoms with E-state index in [9.17, 15) is 5.26 Å². The minimum Gasteiger partial charge on any atom is -0.354 e. The molecule has 0 aliphatic rings. The number of rotatable bonds is 3. The number of hydrogen-bond acceptors (Lipinski definition) is 3. The van der Waals surface area contributed by atoms with Gasteiger partial charge in [0, 0.05) is 22.3 Å². The maximum Gasteiger partial charge on any atom is 0.103 e. The molecule has 0 amide bonds. The number of halogens is 1. The Morgan fingerprint density at radius 3 is 2.64 bits per heavy atom. The second-order valence-corrected chi connectivity index (χ2v) is 5.43. The molecule has 0 spiro atoms. The third-order valence-electron chi connectivity index (χ3n) is 3.57. The Kier molecular flexibility index (Phi) is 3.95. The number of benzene rings is 2. The lowest BCUT2D eigenvalue weighted by Gasteiger charge is -2.12. The topological polar surface area (TPSA) is 48.7 Å². The summed E-state index contributed by atoms with van der Waals surface area (Å²) in [6.07, 6.45) is 2.54. The van der Waals surface area contributed by atoms with Crippen molar-refractivity contribution in [1.29, 1.82) is 5.26 Å². The first-order chi connectivity index (χ1) is 10.7. The van der Waals surface area contributed by atoms with Crippen LogP contribution in [0.15, 0.2) is 48.7 Å². The van der Waals surface area contributed by atoms with Crippen molar-refractivity contribution >= 4 is 33.9 Å². The standard InChI is InChI=1S/C18H14ClN3/c1-2-12-3-8-17-16(9-12)18(13(10-20)11-21-17)22-15-6-4-14(19)5-7-15/h3-9,11H,2H2,1H3,(H,21,22). The van der Waals surface area contributed by atoms with E-state index >= 15 is 0 Å². The van der Waals surface area contributed by atoms with Gasteiger partial charge in [-0.05, 0) is 48.4 Å². The molecule has 0 bridgehead atoms. The Balaban J connectivity index is 2.16. The molecule has 3 rings (SSSR count). The lowest BCUT2D eigenvalue weighted by Crippen LogP contribution is -1.97. The largest absolute Gasteiger partial charge is 0.354 e. The summed E-state index contributed by atoms with van der Waals surface area (Å²) in [5.74, 6) is 0. The highest BCUT2D eigenvalue weighted by Gasteiger charge is 2.10. The second-order valence-electron chi connectivity index (χ2n) is 5.00. The van der Waals surface area contributed by atoms with Gasteiger partial charge in [0.1, 0.15) is 6.07 Å². The minimum absolute atomic E-state index is 0.524. The summed E-state index contributed by atoms with van der Waals surface area (Å²) in [6.45, 7) is 2.11. The summed E-state index contributed by atoms with van der Waals surface area (Å²) < 4.78 is 0. The molecule has 0 fully saturated rings. The van der Waals surface area contributed by atoms with Crippen molar-refractivity contribution in [3.05, 3.63) is 64.8 Å². The molecule has 0 saturated carbocycles. The summed E-state index contributed by atoms with van der Waals surface area (Å²) >= 11 is 5.92. The molecule has 0 aliphatic carbocycles. The van der Waals surface area contributed by atoms with Gasteiger partial charge in [-0.3, -0.25) is 4.98 Å². The zero-order valence-electron chi connectivity index (χ0n) is 12.1. The lowest BCUT2D eigenvalue weighted by atomic mass is 10.1. The van der Waals surface area contributed by atoms with Crippen molar-refractivity contribution in [3.63, 3.8) is 0 Å². The molecular weight excluding hydrogens is 294 g/mol. The fourth-order valence-corrected chi connectivity index (χ4v) is 2.48. The Morgan fingerprint density at radius 1 is 1.18 bits per heavy atom. The van der Waals surface area contributed by atoms with E-state index in [1.807, 2.05) is 30.3 Å². The van der Waals surface area contributed by atoms with E-state index in [1.165, 1.54) is 5.56 Å². The highest BCUT2D eigenvalue weighted by atomic mass is 35.5. The van der Waals surface area contributed by atoms with Gasteiger partial charge >= 0.3 is 0 Å². The summed E-state index contributed by atoms with van der Waals surface area (Å²) in [6, 6.07) is 15.8. The summed E-state index contributed by atoms with van der Waals surface area (Å²) in [5, 5.41) is 14.3. The molecule has 1 N–H and O–H groups in total. The van der Waals surface area contributed by atoms with Crippen molar-refractivity contribution in [2.45, 2.75) is 13.3 Å². The number of nitriles is 1. The molecule has 2 aromatic carbocycles. The fourth-order valence-electron chi connectivity index (χ4n) is 2.36. The maximum absolute atomic E-state index is 9.38. The number of anilines is 2. The summed E-state index contributed by atoms with van der Waals surface area (Å²) in [7, 11) is 0. The molecule has 1 aromatic heterocycles. The quantitative estimate of drug-likeness (QED) is 0.735. The van der Waals surface area contributed by atoms with Crippen LogP contribution in [0, 0.1) is 11.3 Å². The predicted octanol–water partition coefficient (Wildman–Crippen LogP) is 5.07. The van der Waals surface area contributed by atoms with Crippen molar-refractivity contribution < 1.29 is 0 Å². The molecule has 0 unspecified atom stereocenters. The van der Waals surface area contributed by atoms with Crippen molar-refractivity contribution in [3.8, 4) is 6.07 Å². The number of nitrogens with zero attached hydrogens (tertiary/aromatic N) is 2. The molecule has 4 heteroatoms. The van der Waals surface area contributed by atoms with Crippen molar-refractivity contribution in [2.24, 2.45) is 0 Å². The highest BCUT2D eigenvalue weighted by molar-refractivity contribution is 6.30. The Bertz CT molecular complexity index is 864. The normalized spacial score (nSPS) is 10.4. The first kappa shape index (κ1) is 14.4. The number of fused-ring (bicyclic) bond motifs is 1.